The minimum Gasteiger partial charge on any atom is -0.458 e. The Balaban J connectivity index is 1.33. The van der Waals surface area contributed by atoms with Gasteiger partial charge in [-0.2, -0.15) is 0 Å². The molecule has 44 heavy (non-hydrogen) atoms. The highest BCUT2D eigenvalue weighted by Crippen LogP contribution is 2.71. The minimum atomic E-state index is -1.60. The van der Waals surface area contributed by atoms with Gasteiger partial charge in [-0.25, -0.2) is 4.79 Å². The van der Waals surface area contributed by atoms with Crippen LogP contribution in [0.2, 0.25) is 0 Å². The molecule has 244 valence electrons. The van der Waals surface area contributed by atoms with Crippen LogP contribution in [0.4, 0.5) is 0 Å². The van der Waals surface area contributed by atoms with Gasteiger partial charge in [0.2, 0.25) is 0 Å². The number of ether oxygens (including phenoxy) is 3. The molecule has 6 N–H and O–H groups in total. The Morgan fingerprint density at radius 2 is 1.77 bits per heavy atom. The highest BCUT2D eigenvalue weighted by Gasteiger charge is 2.75. The van der Waals surface area contributed by atoms with E-state index in [4.69, 9.17) is 18.6 Å². The van der Waals surface area contributed by atoms with E-state index in [1.807, 2.05) is 19.9 Å². The number of fused-ring (bicyclic) bond motifs is 5. The average Bonchev–Trinajstić information content (AvgIpc) is 3.26. The molecule has 0 amide bonds. The van der Waals surface area contributed by atoms with Crippen LogP contribution in [0.5, 0.6) is 0 Å². The standard InChI is InChI=1S/C32H44O12/c1-16(34)42-21-13-31(39)23(8-10-30(3)19(7-11-32(30,31)40)17-4-5-24(35)41-15-17)29(2)9-6-18(12-20(21)29)43-28-27(38)26(37)25(36)22(14-33)44-28/h4-5,12,15,18-19,21-23,25-28,33,36-40H,6-11,13-14H2,1-3H3/t18-,19-,21-,22+,23+,25+,26-,27+,28-,29-,30+,31-,32+/m0/s1. The van der Waals surface area contributed by atoms with Gasteiger partial charge in [0, 0.05) is 24.8 Å². The van der Waals surface area contributed by atoms with E-state index >= 15 is 0 Å². The molecule has 1 aromatic heterocycles. The molecule has 0 bridgehead atoms. The van der Waals surface area contributed by atoms with Crippen molar-refractivity contribution in [3.63, 3.8) is 0 Å². The predicted molar refractivity (Wildman–Crippen MR) is 152 cm³/mol. The summed E-state index contributed by atoms with van der Waals surface area (Å²) in [5, 5.41) is 65.9. The first-order valence-corrected chi connectivity index (χ1v) is 15.6. The Labute approximate surface area is 255 Å². The second kappa shape index (κ2) is 11.0. The van der Waals surface area contributed by atoms with Crippen LogP contribution in [0.3, 0.4) is 0 Å². The SMILES string of the molecule is CC(=O)O[C@H]1C[C@]2(O)[C@H](CC[C@]3(C)[C@H](c4ccc(=O)oc4)CC[C@@]32O)[C@@]2(C)CC[C@H](O[C@H]3O[C@H](CO)[C@@H](O)[C@H](O)[C@H]3O)C=C12. The van der Waals surface area contributed by atoms with Gasteiger partial charge in [0.1, 0.15) is 36.1 Å². The Kier molecular flexibility index (Phi) is 7.94. The molecule has 1 aromatic rings. The van der Waals surface area contributed by atoms with Crippen molar-refractivity contribution >= 4 is 5.97 Å². The van der Waals surface area contributed by atoms with Crippen molar-refractivity contribution in [2.24, 2.45) is 16.7 Å². The molecule has 0 radical (unpaired) electrons. The highest BCUT2D eigenvalue weighted by atomic mass is 16.7. The molecule has 0 aromatic carbocycles. The second-order valence-electron chi connectivity index (χ2n) is 14.0. The highest BCUT2D eigenvalue weighted by molar-refractivity contribution is 5.66. The molecule has 1 aliphatic heterocycles. The molecular formula is C32H44O12. The number of carbonyl (C=O) groups excluding carboxylic acids is 1. The summed E-state index contributed by atoms with van der Waals surface area (Å²) in [6, 6.07) is 3.10. The maximum atomic E-state index is 12.8. The van der Waals surface area contributed by atoms with Gasteiger partial charge in [0.25, 0.3) is 0 Å². The lowest BCUT2D eigenvalue weighted by molar-refractivity contribution is -0.310. The fourth-order valence-electron chi connectivity index (χ4n) is 9.64. The number of esters is 1. The smallest absolute Gasteiger partial charge is 0.335 e. The third-order valence-corrected chi connectivity index (χ3v) is 11.9. The minimum absolute atomic E-state index is 0.0197. The number of hydrogen-bond donors (Lipinski definition) is 6. The van der Waals surface area contributed by atoms with Crippen LogP contribution in [0.25, 0.3) is 0 Å². The second-order valence-corrected chi connectivity index (χ2v) is 14.0. The van der Waals surface area contributed by atoms with Crippen molar-refractivity contribution < 1.29 is 54.1 Å². The van der Waals surface area contributed by atoms with Crippen molar-refractivity contribution in [3.8, 4) is 0 Å². The quantitative estimate of drug-likeness (QED) is 0.199. The summed E-state index contributed by atoms with van der Waals surface area (Å²) in [7, 11) is 0. The van der Waals surface area contributed by atoms with E-state index in [1.54, 1.807) is 6.07 Å². The number of aliphatic hydroxyl groups excluding tert-OH is 4. The molecule has 2 heterocycles. The van der Waals surface area contributed by atoms with Crippen LogP contribution < -0.4 is 5.63 Å². The van der Waals surface area contributed by atoms with Gasteiger partial charge in [0.15, 0.2) is 6.29 Å². The fraction of sp³-hybridized carbons (Fsp3) is 0.750. The summed E-state index contributed by atoms with van der Waals surface area (Å²) < 4.78 is 22.6. The number of hydrogen-bond acceptors (Lipinski definition) is 12. The van der Waals surface area contributed by atoms with Crippen LogP contribution >= 0.6 is 0 Å². The van der Waals surface area contributed by atoms with Gasteiger partial charge in [0.05, 0.1) is 24.6 Å². The van der Waals surface area contributed by atoms with Crippen LogP contribution in [0.1, 0.15) is 77.2 Å². The monoisotopic (exact) mass is 620 g/mol. The summed E-state index contributed by atoms with van der Waals surface area (Å²) in [6.45, 7) is 4.74. The van der Waals surface area contributed by atoms with E-state index in [9.17, 15) is 40.2 Å². The van der Waals surface area contributed by atoms with Gasteiger partial charge in [-0.1, -0.05) is 19.9 Å². The van der Waals surface area contributed by atoms with Crippen LogP contribution in [0.15, 0.2) is 39.3 Å². The first-order chi connectivity index (χ1) is 20.7. The molecule has 13 atom stereocenters. The van der Waals surface area contributed by atoms with E-state index in [0.29, 0.717) is 38.5 Å². The third kappa shape index (κ3) is 4.56. The lowest BCUT2D eigenvalue weighted by atomic mass is 9.42. The molecule has 4 aliphatic carbocycles. The number of carbonyl (C=O) groups is 1. The summed E-state index contributed by atoms with van der Waals surface area (Å²) in [5.41, 5.74) is -3.41. The average molecular weight is 621 g/mol. The van der Waals surface area contributed by atoms with Crippen LogP contribution in [0, 0.1) is 16.7 Å². The zero-order chi connectivity index (χ0) is 31.8. The molecule has 0 unspecified atom stereocenters. The van der Waals surface area contributed by atoms with Crippen molar-refractivity contribution in [1.82, 2.24) is 0 Å². The van der Waals surface area contributed by atoms with E-state index < -0.39 is 83.1 Å². The predicted octanol–water partition coefficient (Wildman–Crippen LogP) is 0.643. The van der Waals surface area contributed by atoms with Gasteiger partial charge in [-0.3, -0.25) is 4.79 Å². The molecule has 12 nitrogen and oxygen atoms in total. The van der Waals surface area contributed by atoms with E-state index in [2.05, 4.69) is 0 Å². The molecule has 12 heteroatoms. The Morgan fingerprint density at radius 3 is 2.43 bits per heavy atom. The van der Waals surface area contributed by atoms with E-state index in [0.717, 1.165) is 11.1 Å². The number of rotatable bonds is 5. The molecule has 1 saturated heterocycles. The normalized spacial score (nSPS) is 48.5. The topological polar surface area (TPSA) is 196 Å². The zero-order valence-electron chi connectivity index (χ0n) is 25.3. The summed E-state index contributed by atoms with van der Waals surface area (Å²) >= 11 is 0. The third-order valence-electron chi connectivity index (χ3n) is 11.9. The summed E-state index contributed by atoms with van der Waals surface area (Å²) in [5.74, 6) is -1.06. The number of aliphatic hydroxyl groups is 6. The van der Waals surface area contributed by atoms with Crippen molar-refractivity contribution in [2.75, 3.05) is 6.61 Å². The molecule has 6 rings (SSSR count). The fourth-order valence-corrected chi connectivity index (χ4v) is 9.64. The largest absolute Gasteiger partial charge is 0.458 e. The van der Waals surface area contributed by atoms with E-state index in [1.165, 1.54) is 19.3 Å². The van der Waals surface area contributed by atoms with Crippen molar-refractivity contribution in [2.45, 2.75) is 126 Å². The van der Waals surface area contributed by atoms with Gasteiger partial charge in [-0.15, -0.1) is 0 Å². The van der Waals surface area contributed by atoms with Crippen molar-refractivity contribution in [3.05, 3.63) is 46.0 Å². The van der Waals surface area contributed by atoms with Gasteiger partial charge >= 0.3 is 11.6 Å². The van der Waals surface area contributed by atoms with Crippen molar-refractivity contribution in [1.29, 1.82) is 0 Å². The summed E-state index contributed by atoms with van der Waals surface area (Å²) in [6.07, 6.45) is -2.23. The van der Waals surface area contributed by atoms with E-state index in [-0.39, 0.29) is 18.3 Å². The molecular weight excluding hydrogens is 576 g/mol. The Hall–Kier alpha value is -2.16. The first kappa shape index (κ1) is 31.8. The Bertz CT molecular complexity index is 1340. The molecule has 4 fully saturated rings. The lowest BCUT2D eigenvalue weighted by Crippen LogP contribution is -2.73. The first-order valence-electron chi connectivity index (χ1n) is 15.6. The Morgan fingerprint density at radius 1 is 1.02 bits per heavy atom. The molecule has 5 aliphatic rings. The molecule has 0 spiro atoms. The van der Waals surface area contributed by atoms with Gasteiger partial charge in [-0.05, 0) is 73.0 Å². The maximum Gasteiger partial charge on any atom is 0.335 e. The molecule has 3 saturated carbocycles. The van der Waals surface area contributed by atoms with Gasteiger partial charge < -0.3 is 49.3 Å². The lowest BCUT2D eigenvalue weighted by Gasteiger charge is -2.66. The summed E-state index contributed by atoms with van der Waals surface area (Å²) in [4.78, 5) is 24.0. The van der Waals surface area contributed by atoms with Crippen LogP contribution in [-0.4, -0.2) is 97.3 Å². The van der Waals surface area contributed by atoms with Crippen LogP contribution in [-0.2, 0) is 19.0 Å². The maximum absolute atomic E-state index is 12.8. The zero-order valence-corrected chi connectivity index (χ0v) is 25.3.